The molecule has 0 heterocycles. The Kier molecular flexibility index (Phi) is 5.13. The van der Waals surface area contributed by atoms with Crippen LogP contribution in [0.3, 0.4) is 0 Å². The van der Waals surface area contributed by atoms with Crippen molar-refractivity contribution in [1.29, 1.82) is 0 Å². The summed E-state index contributed by atoms with van der Waals surface area (Å²) in [6.07, 6.45) is 4.78. The van der Waals surface area contributed by atoms with Gasteiger partial charge in [-0.1, -0.05) is 43.3 Å². The Morgan fingerprint density at radius 1 is 1.33 bits per heavy atom. The third-order valence-corrected chi connectivity index (χ3v) is 2.75. The van der Waals surface area contributed by atoms with E-state index in [0.717, 1.165) is 24.8 Å². The molecule has 0 fully saturated rings. The van der Waals surface area contributed by atoms with Crippen molar-refractivity contribution in [1.82, 2.24) is 0 Å². The van der Waals surface area contributed by atoms with Gasteiger partial charge < -0.3 is 5.11 Å². The fourth-order valence-corrected chi connectivity index (χ4v) is 1.72. The molecule has 1 rings (SSSR count). The van der Waals surface area contributed by atoms with Gasteiger partial charge in [0.25, 0.3) is 0 Å². The molecule has 0 aromatic heterocycles. The quantitative estimate of drug-likeness (QED) is 0.553. The lowest BCUT2D eigenvalue weighted by Gasteiger charge is -2.18. The second-order valence-electron chi connectivity index (χ2n) is 4.05. The van der Waals surface area contributed by atoms with E-state index in [0.29, 0.717) is 5.92 Å². The fraction of sp³-hybridized carbons (Fsp3) is 0.429. The topological polar surface area (TPSA) is 20.2 Å². The van der Waals surface area contributed by atoms with Crippen molar-refractivity contribution in [2.45, 2.75) is 32.3 Å². The number of aliphatic hydroxyl groups excluding tert-OH is 1. The number of hydrogen-bond acceptors (Lipinski definition) is 1. The van der Waals surface area contributed by atoms with Crippen LogP contribution in [0.25, 0.3) is 0 Å². The molecule has 1 N–H and O–H groups in total. The minimum atomic E-state index is -0.337. The minimum absolute atomic E-state index is 0.312. The van der Waals surface area contributed by atoms with Crippen LogP contribution in [0.4, 0.5) is 0 Å². The monoisotopic (exact) mass is 204 g/mol. The zero-order chi connectivity index (χ0) is 11.1. The third-order valence-electron chi connectivity index (χ3n) is 2.75. The van der Waals surface area contributed by atoms with Crippen molar-refractivity contribution in [3.63, 3.8) is 0 Å². The van der Waals surface area contributed by atoms with E-state index in [4.69, 9.17) is 0 Å². The first kappa shape index (κ1) is 12.0. The van der Waals surface area contributed by atoms with Gasteiger partial charge in [-0.25, -0.2) is 0 Å². The highest BCUT2D eigenvalue weighted by Gasteiger charge is 2.14. The summed E-state index contributed by atoms with van der Waals surface area (Å²) in [5.74, 6) is 0.312. The smallest absolute Gasteiger partial charge is 0.0815 e. The molecule has 0 aliphatic rings. The van der Waals surface area contributed by atoms with E-state index in [1.165, 1.54) is 0 Å². The van der Waals surface area contributed by atoms with Crippen molar-refractivity contribution in [2.75, 3.05) is 0 Å². The van der Waals surface area contributed by atoms with E-state index in [1.807, 2.05) is 36.4 Å². The highest BCUT2D eigenvalue weighted by Crippen LogP contribution is 2.25. The van der Waals surface area contributed by atoms with Crippen molar-refractivity contribution in [2.24, 2.45) is 5.92 Å². The van der Waals surface area contributed by atoms with E-state index in [9.17, 15) is 5.11 Å². The largest absolute Gasteiger partial charge is 0.388 e. The molecular formula is C14H20O. The number of unbranched alkanes of at least 4 members (excludes halogenated alkanes) is 1. The summed E-state index contributed by atoms with van der Waals surface area (Å²) < 4.78 is 0. The van der Waals surface area contributed by atoms with Crippen molar-refractivity contribution in [3.8, 4) is 0 Å². The van der Waals surface area contributed by atoms with Gasteiger partial charge >= 0.3 is 0 Å². The summed E-state index contributed by atoms with van der Waals surface area (Å²) in [6.45, 7) is 5.80. The van der Waals surface area contributed by atoms with Gasteiger partial charge in [0.1, 0.15) is 0 Å². The Hall–Kier alpha value is -1.08. The predicted octanol–water partition coefficient (Wildman–Crippen LogP) is 3.71. The van der Waals surface area contributed by atoms with Crippen LogP contribution < -0.4 is 0 Å². The summed E-state index contributed by atoms with van der Waals surface area (Å²) in [6, 6.07) is 9.87. The maximum atomic E-state index is 10.1. The molecule has 1 nitrogen and oxygen atoms in total. The molecule has 0 aliphatic heterocycles. The Bertz CT molecular complexity index is 279. The number of benzene rings is 1. The molecule has 0 radical (unpaired) electrons. The normalized spacial score (nSPS) is 14.5. The van der Waals surface area contributed by atoms with Crippen LogP contribution >= 0.6 is 0 Å². The van der Waals surface area contributed by atoms with Crippen molar-refractivity contribution < 1.29 is 5.11 Å². The average molecular weight is 204 g/mol. The molecular weight excluding hydrogens is 184 g/mol. The summed E-state index contributed by atoms with van der Waals surface area (Å²) in [7, 11) is 0. The molecule has 1 heteroatoms. The predicted molar refractivity (Wildman–Crippen MR) is 64.6 cm³/mol. The molecule has 0 aliphatic carbocycles. The maximum Gasteiger partial charge on any atom is 0.0815 e. The van der Waals surface area contributed by atoms with Gasteiger partial charge in [-0.2, -0.15) is 0 Å². The van der Waals surface area contributed by atoms with E-state index in [1.54, 1.807) is 0 Å². The molecule has 2 unspecified atom stereocenters. The SMILES string of the molecule is C=CCCCC(C)C(O)c1ccccc1. The van der Waals surface area contributed by atoms with Crippen LogP contribution in [0.2, 0.25) is 0 Å². The van der Waals surface area contributed by atoms with Crippen molar-refractivity contribution >= 4 is 0 Å². The number of rotatable bonds is 6. The first-order chi connectivity index (χ1) is 7.25. The Morgan fingerprint density at radius 3 is 2.60 bits per heavy atom. The van der Waals surface area contributed by atoms with Gasteiger partial charge in [0.2, 0.25) is 0 Å². The van der Waals surface area contributed by atoms with Gasteiger partial charge in [-0.15, -0.1) is 6.58 Å². The van der Waals surface area contributed by atoms with Crippen LogP contribution in [-0.4, -0.2) is 5.11 Å². The maximum absolute atomic E-state index is 10.1. The Morgan fingerprint density at radius 2 is 2.00 bits per heavy atom. The number of allylic oxidation sites excluding steroid dienone is 1. The van der Waals surface area contributed by atoms with E-state index < -0.39 is 0 Å². The molecule has 0 saturated carbocycles. The third kappa shape index (κ3) is 3.88. The van der Waals surface area contributed by atoms with Crippen LogP contribution in [0.1, 0.15) is 37.9 Å². The standard InChI is InChI=1S/C14H20O/c1-3-4-6-9-12(2)14(15)13-10-7-5-8-11-13/h3,5,7-8,10-12,14-15H,1,4,6,9H2,2H3. The summed E-state index contributed by atoms with van der Waals surface area (Å²) in [5, 5.41) is 10.1. The highest BCUT2D eigenvalue weighted by atomic mass is 16.3. The molecule has 15 heavy (non-hydrogen) atoms. The molecule has 0 amide bonds. The van der Waals surface area contributed by atoms with Crippen molar-refractivity contribution in [3.05, 3.63) is 48.6 Å². The van der Waals surface area contributed by atoms with Gasteiger partial charge in [-0.3, -0.25) is 0 Å². The molecule has 0 bridgehead atoms. The number of aliphatic hydroxyl groups is 1. The van der Waals surface area contributed by atoms with E-state index >= 15 is 0 Å². The second kappa shape index (κ2) is 6.41. The van der Waals surface area contributed by atoms with Gasteiger partial charge in [0.05, 0.1) is 6.10 Å². The molecule has 1 aromatic rings. The van der Waals surface area contributed by atoms with Gasteiger partial charge in [-0.05, 0) is 30.7 Å². The lowest BCUT2D eigenvalue weighted by atomic mass is 9.93. The molecule has 0 saturated heterocycles. The summed E-state index contributed by atoms with van der Waals surface area (Å²) in [4.78, 5) is 0. The highest BCUT2D eigenvalue weighted by molar-refractivity contribution is 5.17. The van der Waals surface area contributed by atoms with Crippen LogP contribution in [0, 0.1) is 5.92 Å². The zero-order valence-electron chi connectivity index (χ0n) is 9.39. The lowest BCUT2D eigenvalue weighted by molar-refractivity contribution is 0.112. The average Bonchev–Trinajstić information content (AvgIpc) is 2.29. The molecule has 0 spiro atoms. The number of hydrogen-bond donors (Lipinski definition) is 1. The first-order valence-electron chi connectivity index (χ1n) is 5.59. The fourth-order valence-electron chi connectivity index (χ4n) is 1.72. The Labute approximate surface area is 92.5 Å². The van der Waals surface area contributed by atoms with E-state index in [2.05, 4.69) is 13.5 Å². The van der Waals surface area contributed by atoms with Gasteiger partial charge in [0, 0.05) is 0 Å². The van der Waals surface area contributed by atoms with Gasteiger partial charge in [0.15, 0.2) is 0 Å². The first-order valence-corrected chi connectivity index (χ1v) is 5.59. The van der Waals surface area contributed by atoms with Crippen LogP contribution in [0.5, 0.6) is 0 Å². The summed E-state index contributed by atoms with van der Waals surface area (Å²) >= 11 is 0. The minimum Gasteiger partial charge on any atom is -0.388 e. The molecule has 82 valence electrons. The molecule has 1 aromatic carbocycles. The Balaban J connectivity index is 2.45. The lowest BCUT2D eigenvalue weighted by Crippen LogP contribution is -2.08. The zero-order valence-corrected chi connectivity index (χ0v) is 9.39. The van der Waals surface area contributed by atoms with Crippen LogP contribution in [0.15, 0.2) is 43.0 Å². The van der Waals surface area contributed by atoms with Crippen LogP contribution in [-0.2, 0) is 0 Å². The molecule has 2 atom stereocenters. The second-order valence-corrected chi connectivity index (χ2v) is 4.05. The van der Waals surface area contributed by atoms with E-state index in [-0.39, 0.29) is 6.10 Å². The summed E-state index contributed by atoms with van der Waals surface area (Å²) in [5.41, 5.74) is 1.02.